The van der Waals surface area contributed by atoms with Gasteiger partial charge in [-0.2, -0.15) is 5.10 Å². The first-order valence-corrected chi connectivity index (χ1v) is 12.1. The molecule has 1 aliphatic rings. The van der Waals surface area contributed by atoms with Crippen LogP contribution in [0.15, 0.2) is 35.3 Å². The van der Waals surface area contributed by atoms with Crippen LogP contribution in [-0.2, 0) is 28.9 Å². The molecule has 0 saturated carbocycles. The van der Waals surface area contributed by atoms with E-state index in [0.29, 0.717) is 41.2 Å². The van der Waals surface area contributed by atoms with Crippen molar-refractivity contribution in [3.8, 4) is 0 Å². The lowest BCUT2D eigenvalue weighted by Crippen LogP contribution is -2.27. The molecule has 3 aromatic rings. The number of rotatable bonds is 9. The molecular formula is C24H28N4O4S. The van der Waals surface area contributed by atoms with Crippen LogP contribution in [0.2, 0.25) is 0 Å². The normalized spacial score (nSPS) is 13.0. The molecule has 9 heteroatoms. The second-order valence-electron chi connectivity index (χ2n) is 8.06. The number of nitrogens with one attached hydrogen (secondary N) is 2. The number of carbonyl (C=O) groups excluding carboxylic acids is 2. The van der Waals surface area contributed by atoms with Gasteiger partial charge in [0.05, 0.1) is 23.8 Å². The van der Waals surface area contributed by atoms with Gasteiger partial charge in [0.1, 0.15) is 5.00 Å². The van der Waals surface area contributed by atoms with Gasteiger partial charge in [-0.3, -0.25) is 19.1 Å². The molecule has 174 valence electrons. The van der Waals surface area contributed by atoms with E-state index >= 15 is 0 Å². The molecule has 2 heterocycles. The Bertz CT molecular complexity index is 1220. The zero-order valence-electron chi connectivity index (χ0n) is 18.7. The smallest absolute Gasteiger partial charge is 0.254 e. The van der Waals surface area contributed by atoms with Gasteiger partial charge in [-0.1, -0.05) is 12.1 Å². The third-order valence-corrected chi connectivity index (χ3v) is 6.98. The number of thiophene rings is 1. The predicted molar refractivity (Wildman–Crippen MR) is 129 cm³/mol. The van der Waals surface area contributed by atoms with Gasteiger partial charge in [0, 0.05) is 36.9 Å². The Morgan fingerprint density at radius 3 is 2.88 bits per heavy atom. The Hall–Kier alpha value is -3.04. The first kappa shape index (κ1) is 23.1. The van der Waals surface area contributed by atoms with Crippen molar-refractivity contribution in [2.24, 2.45) is 0 Å². The molecule has 33 heavy (non-hydrogen) atoms. The number of amides is 2. The molecule has 8 nitrogen and oxygen atoms in total. The summed E-state index contributed by atoms with van der Waals surface area (Å²) in [5.41, 5.74) is 2.23. The minimum Gasteiger partial charge on any atom is -0.385 e. The van der Waals surface area contributed by atoms with E-state index in [0.717, 1.165) is 37.7 Å². The van der Waals surface area contributed by atoms with Crippen molar-refractivity contribution in [1.82, 2.24) is 15.1 Å². The molecule has 0 saturated heterocycles. The molecule has 0 fully saturated rings. The maximum Gasteiger partial charge on any atom is 0.254 e. The van der Waals surface area contributed by atoms with E-state index in [1.807, 2.05) is 12.1 Å². The summed E-state index contributed by atoms with van der Waals surface area (Å²) in [4.78, 5) is 39.0. The third-order valence-electron chi connectivity index (χ3n) is 5.77. The third kappa shape index (κ3) is 5.31. The number of carbonyl (C=O) groups is 2. The van der Waals surface area contributed by atoms with Crippen LogP contribution in [0.4, 0.5) is 5.00 Å². The van der Waals surface area contributed by atoms with Gasteiger partial charge in [-0.25, -0.2) is 0 Å². The van der Waals surface area contributed by atoms with Gasteiger partial charge in [-0.05, 0) is 49.8 Å². The predicted octanol–water partition coefficient (Wildman–Crippen LogP) is 3.13. The van der Waals surface area contributed by atoms with Crippen LogP contribution in [0.1, 0.15) is 46.5 Å². The van der Waals surface area contributed by atoms with Crippen molar-refractivity contribution >= 4 is 39.1 Å². The molecule has 0 radical (unpaired) electrons. The van der Waals surface area contributed by atoms with Gasteiger partial charge >= 0.3 is 0 Å². The molecule has 1 aliphatic carbocycles. The number of hydrogen-bond acceptors (Lipinski definition) is 6. The summed E-state index contributed by atoms with van der Waals surface area (Å²) < 4.78 is 6.71. The van der Waals surface area contributed by atoms with Gasteiger partial charge in [0.2, 0.25) is 11.3 Å². The summed E-state index contributed by atoms with van der Waals surface area (Å²) in [5, 5.41) is 11.3. The van der Waals surface area contributed by atoms with Crippen LogP contribution in [0.5, 0.6) is 0 Å². The SMILES string of the molecule is COCCCNC(=O)c1c(NC(=O)CCn2ncc(=O)c3ccccc32)sc2c1CCCC2. The van der Waals surface area contributed by atoms with Gasteiger partial charge in [0.25, 0.3) is 5.91 Å². The Balaban J connectivity index is 1.48. The van der Waals surface area contributed by atoms with Crippen molar-refractivity contribution in [2.45, 2.75) is 45.1 Å². The Morgan fingerprint density at radius 1 is 1.21 bits per heavy atom. The molecule has 4 rings (SSSR count). The number of para-hydroxylation sites is 1. The zero-order chi connectivity index (χ0) is 23.2. The Morgan fingerprint density at radius 2 is 2.03 bits per heavy atom. The molecule has 0 bridgehead atoms. The van der Waals surface area contributed by atoms with E-state index in [-0.39, 0.29) is 23.7 Å². The lowest BCUT2D eigenvalue weighted by Gasteiger charge is -2.13. The van der Waals surface area contributed by atoms with Crippen LogP contribution in [0.25, 0.3) is 10.9 Å². The number of aromatic nitrogens is 2. The average Bonchev–Trinajstić information content (AvgIpc) is 3.19. The topological polar surface area (TPSA) is 102 Å². The fraction of sp³-hybridized carbons (Fsp3) is 0.417. The first-order valence-electron chi connectivity index (χ1n) is 11.2. The van der Waals surface area contributed by atoms with E-state index in [4.69, 9.17) is 4.74 Å². The van der Waals surface area contributed by atoms with E-state index < -0.39 is 0 Å². The molecule has 0 aliphatic heterocycles. The second-order valence-corrected chi connectivity index (χ2v) is 9.17. The quantitative estimate of drug-likeness (QED) is 0.470. The molecule has 0 atom stereocenters. The lowest BCUT2D eigenvalue weighted by molar-refractivity contribution is -0.116. The van der Waals surface area contributed by atoms with Gasteiger partial charge in [0.15, 0.2) is 0 Å². The van der Waals surface area contributed by atoms with Crippen molar-refractivity contribution in [3.63, 3.8) is 0 Å². The maximum atomic E-state index is 13.0. The largest absolute Gasteiger partial charge is 0.385 e. The van der Waals surface area contributed by atoms with E-state index in [2.05, 4.69) is 15.7 Å². The molecule has 1 aromatic carbocycles. The summed E-state index contributed by atoms with van der Waals surface area (Å²) in [6.45, 7) is 1.44. The van der Waals surface area contributed by atoms with Crippen LogP contribution in [0, 0.1) is 0 Å². The highest BCUT2D eigenvalue weighted by Gasteiger charge is 2.26. The fourth-order valence-corrected chi connectivity index (χ4v) is 5.44. The Kier molecular flexibility index (Phi) is 7.51. The number of anilines is 1. The van der Waals surface area contributed by atoms with Crippen molar-refractivity contribution in [2.75, 3.05) is 25.6 Å². The van der Waals surface area contributed by atoms with E-state index in [9.17, 15) is 14.4 Å². The molecule has 2 N–H and O–H groups in total. The molecule has 0 spiro atoms. The number of aryl methyl sites for hydroxylation is 2. The highest BCUT2D eigenvalue weighted by atomic mass is 32.1. The summed E-state index contributed by atoms with van der Waals surface area (Å²) in [6, 6.07) is 7.22. The van der Waals surface area contributed by atoms with E-state index in [1.165, 1.54) is 22.4 Å². The van der Waals surface area contributed by atoms with Crippen molar-refractivity contribution in [3.05, 3.63) is 56.7 Å². The summed E-state index contributed by atoms with van der Waals surface area (Å²) in [6.07, 6.45) is 6.13. The fourth-order valence-electron chi connectivity index (χ4n) is 4.14. The highest BCUT2D eigenvalue weighted by molar-refractivity contribution is 7.17. The van der Waals surface area contributed by atoms with Crippen LogP contribution in [-0.4, -0.2) is 41.9 Å². The molecule has 2 amide bonds. The summed E-state index contributed by atoms with van der Waals surface area (Å²) in [7, 11) is 1.64. The first-order chi connectivity index (χ1) is 16.1. The van der Waals surface area contributed by atoms with Crippen LogP contribution < -0.4 is 16.1 Å². The van der Waals surface area contributed by atoms with Crippen molar-refractivity contribution in [1.29, 1.82) is 0 Å². The Labute approximate surface area is 195 Å². The monoisotopic (exact) mass is 468 g/mol. The van der Waals surface area contributed by atoms with E-state index in [1.54, 1.807) is 23.9 Å². The number of nitrogens with zero attached hydrogens (tertiary/aromatic N) is 2. The zero-order valence-corrected chi connectivity index (χ0v) is 19.5. The van der Waals surface area contributed by atoms with Crippen LogP contribution >= 0.6 is 11.3 Å². The van der Waals surface area contributed by atoms with Gasteiger partial charge in [-0.15, -0.1) is 11.3 Å². The number of benzene rings is 1. The van der Waals surface area contributed by atoms with Crippen LogP contribution in [0.3, 0.4) is 0 Å². The second kappa shape index (κ2) is 10.7. The molecular weight excluding hydrogens is 440 g/mol. The standard InChI is InChI=1S/C24H28N4O4S/c1-32-14-6-12-25-23(31)22-17-8-3-5-10-20(17)33-24(22)27-21(30)11-13-28-18-9-4-2-7-16(18)19(29)15-26-28/h2,4,7,9,15H,3,5-6,8,10-14H2,1H3,(H,25,31)(H,27,30). The molecule has 2 aromatic heterocycles. The molecule has 0 unspecified atom stereocenters. The lowest BCUT2D eigenvalue weighted by atomic mass is 9.95. The maximum absolute atomic E-state index is 13.0. The highest BCUT2D eigenvalue weighted by Crippen LogP contribution is 2.38. The van der Waals surface area contributed by atoms with Gasteiger partial charge < -0.3 is 15.4 Å². The number of hydrogen-bond donors (Lipinski definition) is 2. The summed E-state index contributed by atoms with van der Waals surface area (Å²) >= 11 is 1.51. The minimum atomic E-state index is -0.188. The summed E-state index contributed by atoms with van der Waals surface area (Å²) in [5.74, 6) is -0.333. The van der Waals surface area contributed by atoms with Crippen molar-refractivity contribution < 1.29 is 14.3 Å². The number of ether oxygens (including phenoxy) is 1. The number of fused-ring (bicyclic) bond motifs is 2. The minimum absolute atomic E-state index is 0.142. The average molecular weight is 469 g/mol. The number of methoxy groups -OCH3 is 1.